The van der Waals surface area contributed by atoms with Gasteiger partial charge < -0.3 is 0 Å². The fourth-order valence-electron chi connectivity index (χ4n) is 2.63. The molecule has 4 aromatic rings. The standard InChI is InChI=1S/C21H14ClN3OS/c22-17-12-11-16(13-23-17)20(26)25-21-24-18(14-7-3-1-4-8-14)19(27-21)15-9-5-2-6-10-15/h1-13H,(H,24,25,26). The lowest BCUT2D eigenvalue weighted by Gasteiger charge is -2.02. The molecule has 1 N–H and O–H groups in total. The second kappa shape index (κ2) is 7.70. The van der Waals surface area contributed by atoms with Crippen molar-refractivity contribution in [2.24, 2.45) is 0 Å². The van der Waals surface area contributed by atoms with Crippen LogP contribution in [0.15, 0.2) is 79.0 Å². The zero-order chi connectivity index (χ0) is 18.6. The van der Waals surface area contributed by atoms with Crippen LogP contribution in [-0.2, 0) is 0 Å². The Kier molecular flexibility index (Phi) is 4.96. The number of amides is 1. The van der Waals surface area contributed by atoms with Gasteiger partial charge in [0, 0.05) is 11.8 Å². The van der Waals surface area contributed by atoms with Gasteiger partial charge in [-0.25, -0.2) is 9.97 Å². The first-order valence-electron chi connectivity index (χ1n) is 8.25. The summed E-state index contributed by atoms with van der Waals surface area (Å²) >= 11 is 7.23. The molecular weight excluding hydrogens is 378 g/mol. The third-order valence-electron chi connectivity index (χ3n) is 3.92. The highest BCUT2D eigenvalue weighted by Crippen LogP contribution is 2.38. The monoisotopic (exact) mass is 391 g/mol. The van der Waals surface area contributed by atoms with Crippen molar-refractivity contribution in [1.82, 2.24) is 9.97 Å². The van der Waals surface area contributed by atoms with Crippen molar-refractivity contribution in [3.8, 4) is 21.7 Å². The second-order valence-electron chi connectivity index (χ2n) is 5.75. The highest BCUT2D eigenvalue weighted by atomic mass is 35.5. The molecule has 0 saturated heterocycles. The maximum Gasteiger partial charge on any atom is 0.259 e. The van der Waals surface area contributed by atoms with Crippen molar-refractivity contribution >= 4 is 34.0 Å². The van der Waals surface area contributed by atoms with Crippen LogP contribution in [0.3, 0.4) is 0 Å². The molecule has 2 aromatic heterocycles. The second-order valence-corrected chi connectivity index (χ2v) is 7.14. The Morgan fingerprint density at radius 1 is 0.889 bits per heavy atom. The third-order valence-corrected chi connectivity index (χ3v) is 5.16. The van der Waals surface area contributed by atoms with E-state index in [0.29, 0.717) is 15.8 Å². The first kappa shape index (κ1) is 17.4. The molecule has 0 saturated carbocycles. The summed E-state index contributed by atoms with van der Waals surface area (Å²) in [6, 6.07) is 23.2. The SMILES string of the molecule is O=C(Nc1nc(-c2ccccc2)c(-c2ccccc2)s1)c1ccc(Cl)nc1. The summed E-state index contributed by atoms with van der Waals surface area (Å²) < 4.78 is 0. The quantitative estimate of drug-likeness (QED) is 0.449. The van der Waals surface area contributed by atoms with Crippen molar-refractivity contribution in [3.05, 3.63) is 89.7 Å². The molecule has 27 heavy (non-hydrogen) atoms. The predicted molar refractivity (Wildman–Crippen MR) is 110 cm³/mol. The minimum atomic E-state index is -0.271. The van der Waals surface area contributed by atoms with Crippen LogP contribution in [-0.4, -0.2) is 15.9 Å². The van der Waals surface area contributed by atoms with Gasteiger partial charge in [-0.3, -0.25) is 10.1 Å². The van der Waals surface area contributed by atoms with Crippen LogP contribution in [0.2, 0.25) is 5.15 Å². The van der Waals surface area contributed by atoms with E-state index in [1.807, 2.05) is 60.7 Å². The molecular formula is C21H14ClN3OS. The van der Waals surface area contributed by atoms with Gasteiger partial charge in [0.05, 0.1) is 16.1 Å². The summed E-state index contributed by atoms with van der Waals surface area (Å²) in [4.78, 5) is 22.1. The van der Waals surface area contributed by atoms with Crippen LogP contribution >= 0.6 is 22.9 Å². The molecule has 0 aliphatic carbocycles. The number of carbonyl (C=O) groups excluding carboxylic acids is 1. The van der Waals surface area contributed by atoms with Gasteiger partial charge in [0.1, 0.15) is 5.15 Å². The molecule has 4 rings (SSSR count). The van der Waals surface area contributed by atoms with Gasteiger partial charge in [-0.15, -0.1) is 0 Å². The fraction of sp³-hybridized carbons (Fsp3) is 0. The third kappa shape index (κ3) is 3.89. The van der Waals surface area contributed by atoms with Crippen LogP contribution in [0.1, 0.15) is 10.4 Å². The molecule has 132 valence electrons. The van der Waals surface area contributed by atoms with Crippen molar-refractivity contribution in [3.63, 3.8) is 0 Å². The Bertz CT molecular complexity index is 1010. The molecule has 2 aromatic carbocycles. The number of carbonyl (C=O) groups is 1. The summed E-state index contributed by atoms with van der Waals surface area (Å²) in [5, 5.41) is 3.74. The molecule has 0 bridgehead atoms. The summed E-state index contributed by atoms with van der Waals surface area (Å²) in [6.45, 7) is 0. The summed E-state index contributed by atoms with van der Waals surface area (Å²) in [7, 11) is 0. The highest BCUT2D eigenvalue weighted by Gasteiger charge is 2.17. The van der Waals surface area contributed by atoms with Gasteiger partial charge in [-0.1, -0.05) is 83.6 Å². The van der Waals surface area contributed by atoms with Crippen molar-refractivity contribution < 1.29 is 4.79 Å². The van der Waals surface area contributed by atoms with Gasteiger partial charge in [-0.05, 0) is 17.7 Å². The first-order chi connectivity index (χ1) is 13.2. The average molecular weight is 392 g/mol. The smallest absolute Gasteiger partial charge is 0.259 e. The van der Waals surface area contributed by atoms with Gasteiger partial charge in [0.2, 0.25) is 0 Å². The lowest BCUT2D eigenvalue weighted by molar-refractivity contribution is 0.102. The van der Waals surface area contributed by atoms with Gasteiger partial charge >= 0.3 is 0 Å². The number of pyridine rings is 1. The summed E-state index contributed by atoms with van der Waals surface area (Å²) in [5.41, 5.74) is 3.33. The minimum absolute atomic E-state index is 0.271. The zero-order valence-corrected chi connectivity index (χ0v) is 15.7. The molecule has 2 heterocycles. The summed E-state index contributed by atoms with van der Waals surface area (Å²) in [6.07, 6.45) is 1.45. The Balaban J connectivity index is 1.71. The van der Waals surface area contributed by atoms with Crippen LogP contribution < -0.4 is 5.32 Å². The number of nitrogens with zero attached hydrogens (tertiary/aromatic N) is 2. The van der Waals surface area contributed by atoms with E-state index in [-0.39, 0.29) is 5.91 Å². The number of thiazole rings is 1. The van der Waals surface area contributed by atoms with E-state index in [2.05, 4.69) is 15.3 Å². The fourth-order valence-corrected chi connectivity index (χ4v) is 3.73. The Hall–Kier alpha value is -3.02. The normalized spacial score (nSPS) is 10.6. The first-order valence-corrected chi connectivity index (χ1v) is 9.45. The molecule has 0 radical (unpaired) electrons. The number of rotatable bonds is 4. The van der Waals surface area contributed by atoms with Crippen molar-refractivity contribution in [1.29, 1.82) is 0 Å². The Morgan fingerprint density at radius 3 is 2.19 bits per heavy atom. The molecule has 0 spiro atoms. The number of hydrogen-bond acceptors (Lipinski definition) is 4. The molecule has 0 unspecified atom stereocenters. The van der Waals surface area contributed by atoms with Gasteiger partial charge in [0.15, 0.2) is 5.13 Å². The number of aromatic nitrogens is 2. The van der Waals surface area contributed by atoms with Gasteiger partial charge in [0.25, 0.3) is 5.91 Å². The van der Waals surface area contributed by atoms with E-state index < -0.39 is 0 Å². The van der Waals surface area contributed by atoms with Gasteiger partial charge in [-0.2, -0.15) is 0 Å². The van der Waals surface area contributed by atoms with E-state index in [1.165, 1.54) is 17.5 Å². The minimum Gasteiger partial charge on any atom is -0.298 e. The lowest BCUT2D eigenvalue weighted by Crippen LogP contribution is -2.11. The van der Waals surface area contributed by atoms with Crippen LogP contribution in [0, 0.1) is 0 Å². The summed E-state index contributed by atoms with van der Waals surface area (Å²) in [5.74, 6) is -0.271. The van der Waals surface area contributed by atoms with Crippen molar-refractivity contribution in [2.75, 3.05) is 5.32 Å². The van der Waals surface area contributed by atoms with E-state index in [1.54, 1.807) is 12.1 Å². The molecule has 0 fully saturated rings. The van der Waals surface area contributed by atoms with Crippen LogP contribution in [0.4, 0.5) is 5.13 Å². The van der Waals surface area contributed by atoms with E-state index in [9.17, 15) is 4.79 Å². The number of hydrogen-bond donors (Lipinski definition) is 1. The average Bonchev–Trinajstić information content (AvgIpc) is 3.13. The Morgan fingerprint density at radius 2 is 1.56 bits per heavy atom. The molecule has 0 aliphatic rings. The zero-order valence-electron chi connectivity index (χ0n) is 14.1. The topological polar surface area (TPSA) is 54.9 Å². The van der Waals surface area contributed by atoms with E-state index in [0.717, 1.165) is 21.7 Å². The number of halogens is 1. The lowest BCUT2D eigenvalue weighted by atomic mass is 10.1. The van der Waals surface area contributed by atoms with E-state index >= 15 is 0 Å². The molecule has 0 atom stereocenters. The Labute approximate surface area is 165 Å². The molecule has 0 aliphatic heterocycles. The maximum absolute atomic E-state index is 12.5. The number of anilines is 1. The van der Waals surface area contributed by atoms with E-state index in [4.69, 9.17) is 11.6 Å². The molecule has 4 nitrogen and oxygen atoms in total. The number of benzene rings is 2. The number of nitrogens with one attached hydrogen (secondary N) is 1. The maximum atomic E-state index is 12.5. The molecule has 1 amide bonds. The predicted octanol–water partition coefficient (Wildman–Crippen LogP) is 5.78. The van der Waals surface area contributed by atoms with Crippen molar-refractivity contribution in [2.45, 2.75) is 0 Å². The van der Waals surface area contributed by atoms with Crippen LogP contribution in [0.5, 0.6) is 0 Å². The molecule has 6 heteroatoms. The highest BCUT2D eigenvalue weighted by molar-refractivity contribution is 7.19. The van der Waals surface area contributed by atoms with Crippen LogP contribution in [0.25, 0.3) is 21.7 Å². The largest absolute Gasteiger partial charge is 0.298 e.